The predicted octanol–water partition coefficient (Wildman–Crippen LogP) is 0.534. The van der Waals surface area contributed by atoms with Gasteiger partial charge in [0.1, 0.15) is 18.2 Å². The molecule has 8 nitrogen and oxygen atoms in total. The minimum atomic E-state index is -1.18. The molecule has 1 aromatic rings. The highest BCUT2D eigenvalue weighted by atomic mass is 16.6. The van der Waals surface area contributed by atoms with Crippen LogP contribution in [0.2, 0.25) is 0 Å². The Hall–Kier alpha value is -1.51. The summed E-state index contributed by atoms with van der Waals surface area (Å²) in [5, 5.41) is 13.5. The second-order valence-electron chi connectivity index (χ2n) is 6.42. The SMILES string of the molecule is CNc1ncn([C@H]2C[C@](C)(O)[C@@](C)(C(C)(C)OC)O2)c(=O)n1. The van der Waals surface area contributed by atoms with E-state index in [0.29, 0.717) is 0 Å². The zero-order chi connectivity index (χ0) is 16.8. The lowest BCUT2D eigenvalue weighted by molar-refractivity contribution is -0.225. The van der Waals surface area contributed by atoms with Gasteiger partial charge in [-0.3, -0.25) is 4.57 Å². The average molecular weight is 312 g/mol. The maximum absolute atomic E-state index is 12.1. The molecule has 3 atom stereocenters. The van der Waals surface area contributed by atoms with Crippen LogP contribution < -0.4 is 11.0 Å². The maximum Gasteiger partial charge on any atom is 0.354 e. The molecule has 1 aromatic heterocycles. The van der Waals surface area contributed by atoms with Crippen molar-refractivity contribution in [3.05, 3.63) is 16.8 Å². The van der Waals surface area contributed by atoms with Crippen LogP contribution in [0, 0.1) is 0 Å². The third-order valence-electron chi connectivity index (χ3n) is 4.89. The lowest BCUT2D eigenvalue weighted by Gasteiger charge is -2.46. The smallest absolute Gasteiger partial charge is 0.354 e. The second kappa shape index (κ2) is 5.29. The summed E-state index contributed by atoms with van der Waals surface area (Å²) in [7, 11) is 3.20. The predicted molar refractivity (Wildman–Crippen MR) is 80.7 cm³/mol. The Balaban J connectivity index is 2.40. The number of nitrogens with one attached hydrogen (secondary N) is 1. The molecule has 22 heavy (non-hydrogen) atoms. The summed E-state index contributed by atoms with van der Waals surface area (Å²) in [4.78, 5) is 19.9. The van der Waals surface area contributed by atoms with Crippen LogP contribution >= 0.6 is 0 Å². The van der Waals surface area contributed by atoms with Gasteiger partial charge in [0.05, 0.1) is 11.2 Å². The van der Waals surface area contributed by atoms with Crippen molar-refractivity contribution in [2.45, 2.75) is 57.1 Å². The van der Waals surface area contributed by atoms with E-state index in [1.807, 2.05) is 13.8 Å². The van der Waals surface area contributed by atoms with E-state index in [1.165, 1.54) is 10.9 Å². The standard InChI is InChI=1S/C14H24N4O4/c1-12(2,21-6)14(4)13(3,20)7-9(22-14)18-8-16-10(15-5)17-11(18)19/h8-9,20H,7H2,1-6H3,(H,15,17,19)/t9-,13+,14-/m1/s1. The first-order valence-electron chi connectivity index (χ1n) is 7.16. The number of aromatic nitrogens is 3. The molecule has 0 bridgehead atoms. The van der Waals surface area contributed by atoms with E-state index in [0.717, 1.165) is 0 Å². The fraction of sp³-hybridized carbons (Fsp3) is 0.786. The molecule has 8 heteroatoms. The third kappa shape index (κ3) is 2.41. The highest BCUT2D eigenvalue weighted by Gasteiger charge is 2.61. The number of methoxy groups -OCH3 is 1. The number of hydrogen-bond donors (Lipinski definition) is 2. The first-order valence-corrected chi connectivity index (χ1v) is 7.16. The van der Waals surface area contributed by atoms with Gasteiger partial charge in [0.25, 0.3) is 0 Å². The molecule has 1 aliphatic heterocycles. The van der Waals surface area contributed by atoms with Gasteiger partial charge >= 0.3 is 5.69 Å². The third-order valence-corrected chi connectivity index (χ3v) is 4.89. The topological polar surface area (TPSA) is 98.5 Å². The van der Waals surface area contributed by atoms with E-state index in [1.54, 1.807) is 28.0 Å². The van der Waals surface area contributed by atoms with Gasteiger partial charge in [0, 0.05) is 20.6 Å². The van der Waals surface area contributed by atoms with Crippen LogP contribution in [0.4, 0.5) is 5.95 Å². The quantitative estimate of drug-likeness (QED) is 0.837. The molecule has 0 aliphatic carbocycles. The Morgan fingerprint density at radius 3 is 2.68 bits per heavy atom. The van der Waals surface area contributed by atoms with Crippen LogP contribution in [-0.2, 0) is 9.47 Å². The molecule has 0 unspecified atom stereocenters. The number of anilines is 1. The Bertz CT molecular complexity index is 613. The summed E-state index contributed by atoms with van der Waals surface area (Å²) >= 11 is 0. The van der Waals surface area contributed by atoms with E-state index in [9.17, 15) is 9.90 Å². The van der Waals surface area contributed by atoms with Gasteiger partial charge in [-0.15, -0.1) is 0 Å². The molecule has 0 amide bonds. The molecule has 0 radical (unpaired) electrons. The van der Waals surface area contributed by atoms with Crippen LogP contribution in [0.15, 0.2) is 11.1 Å². The fourth-order valence-corrected chi connectivity index (χ4v) is 2.78. The van der Waals surface area contributed by atoms with Crippen LogP contribution in [0.1, 0.15) is 40.3 Å². The molecule has 2 rings (SSSR count). The number of rotatable bonds is 4. The summed E-state index contributed by atoms with van der Waals surface area (Å²) in [6, 6.07) is 0. The van der Waals surface area contributed by atoms with Gasteiger partial charge in [0.2, 0.25) is 5.95 Å². The van der Waals surface area contributed by atoms with Gasteiger partial charge in [-0.25, -0.2) is 9.78 Å². The summed E-state index contributed by atoms with van der Waals surface area (Å²) in [5.74, 6) is 0.242. The van der Waals surface area contributed by atoms with Gasteiger partial charge in [-0.05, 0) is 27.7 Å². The first kappa shape index (κ1) is 16.9. The molecule has 1 fully saturated rings. The summed E-state index contributed by atoms with van der Waals surface area (Å²) in [6.07, 6.45) is 0.944. The Morgan fingerprint density at radius 1 is 1.55 bits per heavy atom. The van der Waals surface area contributed by atoms with Crippen molar-refractivity contribution in [2.24, 2.45) is 0 Å². The number of ether oxygens (including phenoxy) is 2. The van der Waals surface area contributed by atoms with Gasteiger partial charge in [0.15, 0.2) is 0 Å². The lowest BCUT2D eigenvalue weighted by Crippen LogP contribution is -2.61. The van der Waals surface area contributed by atoms with Crippen molar-refractivity contribution in [1.82, 2.24) is 14.5 Å². The van der Waals surface area contributed by atoms with Crippen molar-refractivity contribution in [2.75, 3.05) is 19.5 Å². The van der Waals surface area contributed by atoms with E-state index in [4.69, 9.17) is 9.47 Å². The maximum atomic E-state index is 12.1. The van der Waals surface area contributed by atoms with Crippen LogP contribution in [0.5, 0.6) is 0 Å². The molecular formula is C14H24N4O4. The van der Waals surface area contributed by atoms with Crippen LogP contribution in [-0.4, -0.2) is 50.6 Å². The van der Waals surface area contributed by atoms with Gasteiger partial charge in [-0.1, -0.05) is 0 Å². The Morgan fingerprint density at radius 2 is 2.18 bits per heavy atom. The zero-order valence-electron chi connectivity index (χ0n) is 13.9. The number of nitrogens with zero attached hydrogens (tertiary/aromatic N) is 3. The highest BCUT2D eigenvalue weighted by Crippen LogP contribution is 2.50. The summed E-state index contributed by atoms with van der Waals surface area (Å²) < 4.78 is 12.8. The Labute approximate surface area is 129 Å². The van der Waals surface area contributed by atoms with E-state index in [-0.39, 0.29) is 12.4 Å². The molecule has 1 saturated heterocycles. The first-order chi connectivity index (χ1) is 10.1. The zero-order valence-corrected chi connectivity index (χ0v) is 13.9. The number of hydrogen-bond acceptors (Lipinski definition) is 7. The van der Waals surface area contributed by atoms with E-state index in [2.05, 4.69) is 15.3 Å². The average Bonchev–Trinajstić information content (AvgIpc) is 2.70. The molecule has 2 N–H and O–H groups in total. The summed E-state index contributed by atoms with van der Waals surface area (Å²) in [6.45, 7) is 7.15. The van der Waals surface area contributed by atoms with Crippen LogP contribution in [0.25, 0.3) is 0 Å². The van der Waals surface area contributed by atoms with Crippen molar-refractivity contribution < 1.29 is 14.6 Å². The monoisotopic (exact) mass is 312 g/mol. The second-order valence-corrected chi connectivity index (χ2v) is 6.42. The molecule has 0 saturated carbocycles. The molecule has 2 heterocycles. The molecule has 0 spiro atoms. The molecule has 124 valence electrons. The van der Waals surface area contributed by atoms with E-state index < -0.39 is 28.7 Å². The van der Waals surface area contributed by atoms with Gasteiger partial charge in [-0.2, -0.15) is 4.98 Å². The Kier molecular flexibility index (Phi) is 4.05. The molecule has 0 aromatic carbocycles. The minimum absolute atomic E-state index is 0.235. The minimum Gasteiger partial charge on any atom is -0.387 e. The normalized spacial score (nSPS) is 32.2. The number of aliphatic hydroxyl groups is 1. The van der Waals surface area contributed by atoms with Gasteiger partial charge < -0.3 is 19.9 Å². The fourth-order valence-electron chi connectivity index (χ4n) is 2.78. The lowest BCUT2D eigenvalue weighted by atomic mass is 9.74. The molecular weight excluding hydrogens is 288 g/mol. The van der Waals surface area contributed by atoms with Crippen molar-refractivity contribution in [3.8, 4) is 0 Å². The molecule has 1 aliphatic rings. The van der Waals surface area contributed by atoms with Crippen molar-refractivity contribution >= 4 is 5.95 Å². The largest absolute Gasteiger partial charge is 0.387 e. The highest BCUT2D eigenvalue weighted by molar-refractivity contribution is 5.19. The van der Waals surface area contributed by atoms with E-state index >= 15 is 0 Å². The summed E-state index contributed by atoms with van der Waals surface area (Å²) in [5.41, 5.74) is -3.42. The van der Waals surface area contributed by atoms with Crippen molar-refractivity contribution in [1.29, 1.82) is 0 Å². The van der Waals surface area contributed by atoms with Crippen molar-refractivity contribution in [3.63, 3.8) is 0 Å². The van der Waals surface area contributed by atoms with Crippen LogP contribution in [0.3, 0.4) is 0 Å².